The van der Waals surface area contributed by atoms with Crippen molar-refractivity contribution in [2.24, 2.45) is 0 Å². The van der Waals surface area contributed by atoms with E-state index in [9.17, 15) is 9.90 Å². The van der Waals surface area contributed by atoms with Crippen molar-refractivity contribution in [2.45, 2.75) is 5.60 Å². The van der Waals surface area contributed by atoms with Gasteiger partial charge in [-0.3, -0.25) is 9.78 Å². The highest BCUT2D eigenvalue weighted by Gasteiger charge is 2.41. The molecule has 4 rings (SSSR count). The molecule has 1 aliphatic carbocycles. The van der Waals surface area contributed by atoms with Gasteiger partial charge in [0, 0.05) is 40.2 Å². The molecule has 0 amide bonds. The van der Waals surface area contributed by atoms with Crippen LogP contribution >= 0.6 is 0 Å². The summed E-state index contributed by atoms with van der Waals surface area (Å²) in [4.78, 5) is 16.8. The van der Waals surface area contributed by atoms with Gasteiger partial charge in [-0.1, -0.05) is 54.3 Å². The second-order valence-electron chi connectivity index (χ2n) is 5.62. The van der Waals surface area contributed by atoms with Crippen LogP contribution in [0.5, 0.6) is 0 Å². The molecule has 114 valence electrons. The Balaban J connectivity index is 1.97. The van der Waals surface area contributed by atoms with E-state index >= 15 is 0 Å². The molecule has 0 aliphatic heterocycles. The molecule has 0 radical (unpaired) electrons. The number of ketones is 1. The molecule has 0 bridgehead atoms. The van der Waals surface area contributed by atoms with E-state index in [4.69, 9.17) is 0 Å². The number of nitrogens with zero attached hydrogens (tertiary/aromatic N) is 1. The zero-order chi connectivity index (χ0) is 16.6. The van der Waals surface area contributed by atoms with Gasteiger partial charge in [0.2, 0.25) is 0 Å². The van der Waals surface area contributed by atoms with Crippen LogP contribution in [0.2, 0.25) is 0 Å². The normalized spacial score (nSPS) is 18.1. The number of benzene rings is 2. The molecule has 1 heterocycles. The molecular formula is C21H13NO2. The first-order valence-electron chi connectivity index (χ1n) is 7.59. The minimum atomic E-state index is -1.57. The average molecular weight is 311 g/mol. The van der Waals surface area contributed by atoms with Crippen molar-refractivity contribution in [1.82, 2.24) is 4.98 Å². The second kappa shape index (κ2) is 5.45. The van der Waals surface area contributed by atoms with Crippen molar-refractivity contribution in [1.29, 1.82) is 0 Å². The van der Waals surface area contributed by atoms with Gasteiger partial charge in [0.1, 0.15) is 0 Å². The van der Waals surface area contributed by atoms with Gasteiger partial charge in [-0.05, 0) is 18.2 Å². The maximum absolute atomic E-state index is 12.7. The fourth-order valence-corrected chi connectivity index (χ4v) is 2.99. The largest absolute Gasteiger partial charge is 0.369 e. The number of hydrogen-bond acceptors (Lipinski definition) is 3. The molecule has 1 N–H and O–H groups in total. The third-order valence-electron chi connectivity index (χ3n) is 4.18. The number of aliphatic hydroxyl groups is 1. The maximum atomic E-state index is 12.7. The van der Waals surface area contributed by atoms with E-state index in [-0.39, 0.29) is 5.78 Å². The van der Waals surface area contributed by atoms with Gasteiger partial charge in [0.15, 0.2) is 11.4 Å². The average Bonchev–Trinajstić information content (AvgIpc) is 2.66. The summed E-state index contributed by atoms with van der Waals surface area (Å²) in [6.07, 6.45) is 3.07. The molecule has 3 aromatic rings. The van der Waals surface area contributed by atoms with Crippen LogP contribution in [0.4, 0.5) is 0 Å². The van der Waals surface area contributed by atoms with Crippen molar-refractivity contribution in [3.8, 4) is 11.8 Å². The van der Waals surface area contributed by atoms with E-state index < -0.39 is 5.60 Å². The molecule has 0 saturated heterocycles. The van der Waals surface area contributed by atoms with Crippen molar-refractivity contribution in [3.05, 3.63) is 101 Å². The summed E-state index contributed by atoms with van der Waals surface area (Å²) >= 11 is 0. The maximum Gasteiger partial charge on any atom is 0.194 e. The predicted molar refractivity (Wildman–Crippen MR) is 90.4 cm³/mol. The smallest absolute Gasteiger partial charge is 0.194 e. The summed E-state index contributed by atoms with van der Waals surface area (Å²) in [6, 6.07) is 18.1. The molecule has 1 atom stereocenters. The lowest BCUT2D eigenvalue weighted by atomic mass is 9.75. The van der Waals surface area contributed by atoms with Crippen LogP contribution in [0.25, 0.3) is 0 Å². The summed E-state index contributed by atoms with van der Waals surface area (Å²) in [5, 5.41) is 11.4. The topological polar surface area (TPSA) is 50.2 Å². The van der Waals surface area contributed by atoms with Crippen molar-refractivity contribution >= 4 is 5.78 Å². The molecule has 1 aliphatic rings. The Labute approximate surface area is 139 Å². The number of rotatable bonds is 0. The quantitative estimate of drug-likeness (QED) is 0.650. The standard InChI is InChI=1S/C21H13NO2/c23-20-16-8-4-5-9-18(16)21(24,19-14-22-13-11-17(19)20)12-10-15-6-2-1-3-7-15/h1-9,11,13-14,24H/t21-/m1/s1. The minimum Gasteiger partial charge on any atom is -0.369 e. The zero-order valence-electron chi connectivity index (χ0n) is 12.7. The zero-order valence-corrected chi connectivity index (χ0v) is 12.7. The first-order chi connectivity index (χ1) is 11.7. The fourth-order valence-electron chi connectivity index (χ4n) is 2.99. The van der Waals surface area contributed by atoms with E-state index in [2.05, 4.69) is 16.8 Å². The Morgan fingerprint density at radius 3 is 2.42 bits per heavy atom. The number of carbonyl (C=O) groups excluding carboxylic acids is 1. The van der Waals surface area contributed by atoms with Gasteiger partial charge in [-0.25, -0.2) is 0 Å². The van der Waals surface area contributed by atoms with Crippen molar-refractivity contribution < 1.29 is 9.90 Å². The van der Waals surface area contributed by atoms with Crippen LogP contribution in [0.1, 0.15) is 32.6 Å². The highest BCUT2D eigenvalue weighted by molar-refractivity contribution is 6.13. The Morgan fingerprint density at radius 2 is 1.58 bits per heavy atom. The lowest BCUT2D eigenvalue weighted by Gasteiger charge is -2.31. The van der Waals surface area contributed by atoms with Gasteiger partial charge < -0.3 is 5.11 Å². The highest BCUT2D eigenvalue weighted by Crippen LogP contribution is 2.39. The minimum absolute atomic E-state index is 0.116. The van der Waals surface area contributed by atoms with Gasteiger partial charge >= 0.3 is 0 Å². The van der Waals surface area contributed by atoms with E-state index in [1.54, 1.807) is 36.5 Å². The van der Waals surface area contributed by atoms with Crippen LogP contribution in [0.3, 0.4) is 0 Å². The number of aromatic nitrogens is 1. The number of hydrogen-bond donors (Lipinski definition) is 1. The van der Waals surface area contributed by atoms with E-state index in [0.717, 1.165) is 5.56 Å². The number of carbonyl (C=O) groups is 1. The van der Waals surface area contributed by atoms with E-state index in [1.807, 2.05) is 30.3 Å². The molecule has 1 aromatic heterocycles. The van der Waals surface area contributed by atoms with Gasteiger partial charge in [0.25, 0.3) is 0 Å². The number of fused-ring (bicyclic) bond motifs is 2. The summed E-state index contributed by atoms with van der Waals surface area (Å²) < 4.78 is 0. The van der Waals surface area contributed by atoms with Gasteiger partial charge in [0.05, 0.1) is 0 Å². The summed E-state index contributed by atoms with van der Waals surface area (Å²) in [5.41, 5.74) is 1.07. The second-order valence-corrected chi connectivity index (χ2v) is 5.62. The molecular weight excluding hydrogens is 298 g/mol. The van der Waals surface area contributed by atoms with E-state index in [1.165, 1.54) is 6.20 Å². The van der Waals surface area contributed by atoms with Gasteiger partial charge in [-0.15, -0.1) is 0 Å². The summed E-state index contributed by atoms with van der Waals surface area (Å²) in [7, 11) is 0. The Bertz CT molecular complexity index is 947. The molecule has 24 heavy (non-hydrogen) atoms. The fraction of sp³-hybridized carbons (Fsp3) is 0.0476. The number of pyridine rings is 1. The Kier molecular flexibility index (Phi) is 3.26. The molecule has 3 heteroatoms. The molecule has 0 fully saturated rings. The Morgan fingerprint density at radius 1 is 0.875 bits per heavy atom. The molecule has 2 aromatic carbocycles. The first kappa shape index (κ1) is 14.4. The molecule has 0 unspecified atom stereocenters. The van der Waals surface area contributed by atoms with Gasteiger partial charge in [-0.2, -0.15) is 0 Å². The van der Waals surface area contributed by atoms with Crippen LogP contribution in [-0.4, -0.2) is 15.9 Å². The molecule has 0 spiro atoms. The van der Waals surface area contributed by atoms with Crippen LogP contribution in [0, 0.1) is 11.8 Å². The monoisotopic (exact) mass is 311 g/mol. The van der Waals surface area contributed by atoms with Crippen LogP contribution in [-0.2, 0) is 5.60 Å². The molecule has 0 saturated carbocycles. The summed E-state index contributed by atoms with van der Waals surface area (Å²) in [6.45, 7) is 0. The summed E-state index contributed by atoms with van der Waals surface area (Å²) in [5.74, 6) is 5.86. The molecule has 3 nitrogen and oxygen atoms in total. The van der Waals surface area contributed by atoms with Crippen LogP contribution < -0.4 is 0 Å². The Hall–Kier alpha value is -3.22. The third kappa shape index (κ3) is 2.13. The first-order valence-corrected chi connectivity index (χ1v) is 7.59. The predicted octanol–water partition coefficient (Wildman–Crippen LogP) is 2.91. The highest BCUT2D eigenvalue weighted by atomic mass is 16.3. The lowest BCUT2D eigenvalue weighted by Crippen LogP contribution is -2.34. The lowest BCUT2D eigenvalue weighted by molar-refractivity contribution is 0.0979. The SMILES string of the molecule is O=C1c2ccccc2[C@](O)(C#Cc2ccccc2)c2cnccc21. The van der Waals surface area contributed by atoms with Crippen molar-refractivity contribution in [2.75, 3.05) is 0 Å². The van der Waals surface area contributed by atoms with Crippen LogP contribution in [0.15, 0.2) is 73.1 Å². The van der Waals surface area contributed by atoms with E-state index in [0.29, 0.717) is 22.3 Å². The van der Waals surface area contributed by atoms with Crippen molar-refractivity contribution in [3.63, 3.8) is 0 Å². The third-order valence-corrected chi connectivity index (χ3v) is 4.18.